The van der Waals surface area contributed by atoms with Gasteiger partial charge >= 0.3 is 0 Å². The van der Waals surface area contributed by atoms with Crippen molar-refractivity contribution < 1.29 is 5.11 Å². The van der Waals surface area contributed by atoms with Gasteiger partial charge in [0.25, 0.3) is 0 Å². The summed E-state index contributed by atoms with van der Waals surface area (Å²) < 4.78 is 0. The molecular formula is C13H22N2O. The van der Waals surface area contributed by atoms with Crippen molar-refractivity contribution in [2.75, 3.05) is 18.5 Å². The van der Waals surface area contributed by atoms with Crippen LogP contribution in [0.5, 0.6) is 0 Å². The lowest BCUT2D eigenvalue weighted by Gasteiger charge is -2.22. The summed E-state index contributed by atoms with van der Waals surface area (Å²) in [4.78, 5) is 6.46. The molecule has 0 amide bonds. The number of aliphatic hydroxyl groups excluding tert-OH is 1. The quantitative estimate of drug-likeness (QED) is 0.832. The van der Waals surface area contributed by atoms with E-state index in [1.54, 1.807) is 13.1 Å². The van der Waals surface area contributed by atoms with Crippen molar-refractivity contribution in [1.82, 2.24) is 4.98 Å². The minimum atomic E-state index is -0.432. The lowest BCUT2D eigenvalue weighted by Crippen LogP contribution is -2.24. The predicted molar refractivity (Wildman–Crippen MR) is 67.6 cm³/mol. The number of aliphatic hydroxyl groups is 1. The van der Waals surface area contributed by atoms with Gasteiger partial charge in [-0.15, -0.1) is 0 Å². The number of aromatic nitrogens is 1. The molecule has 0 aromatic carbocycles. The number of hydrogen-bond acceptors (Lipinski definition) is 3. The third kappa shape index (κ3) is 3.49. The van der Waals surface area contributed by atoms with Gasteiger partial charge in [0.2, 0.25) is 0 Å². The molecule has 1 aromatic rings. The van der Waals surface area contributed by atoms with E-state index in [-0.39, 0.29) is 0 Å². The molecule has 0 aliphatic carbocycles. The Morgan fingerprint density at radius 2 is 2.12 bits per heavy atom. The van der Waals surface area contributed by atoms with Crippen LogP contribution in [-0.2, 0) is 0 Å². The second kappa shape index (κ2) is 5.85. The molecule has 0 aliphatic rings. The summed E-state index contributed by atoms with van der Waals surface area (Å²) in [6, 6.07) is 3.80. The first-order valence-electron chi connectivity index (χ1n) is 5.89. The van der Waals surface area contributed by atoms with E-state index in [0.29, 0.717) is 5.92 Å². The highest BCUT2D eigenvalue weighted by atomic mass is 16.3. The van der Waals surface area contributed by atoms with Crippen molar-refractivity contribution in [2.24, 2.45) is 5.92 Å². The van der Waals surface area contributed by atoms with E-state index < -0.39 is 6.10 Å². The third-order valence-corrected chi connectivity index (χ3v) is 2.93. The van der Waals surface area contributed by atoms with Gasteiger partial charge in [-0.1, -0.05) is 20.3 Å². The molecule has 0 spiro atoms. The molecule has 90 valence electrons. The molecule has 3 heteroatoms. The van der Waals surface area contributed by atoms with Crippen molar-refractivity contribution in [3.8, 4) is 0 Å². The van der Waals surface area contributed by atoms with Crippen LogP contribution < -0.4 is 4.90 Å². The second-order valence-electron chi connectivity index (χ2n) is 4.52. The molecule has 2 unspecified atom stereocenters. The maximum absolute atomic E-state index is 9.51. The van der Waals surface area contributed by atoms with Crippen molar-refractivity contribution in [3.63, 3.8) is 0 Å². The fraction of sp³-hybridized carbons (Fsp3) is 0.615. The van der Waals surface area contributed by atoms with Crippen LogP contribution in [0.4, 0.5) is 5.82 Å². The lowest BCUT2D eigenvalue weighted by atomic mass is 10.1. The van der Waals surface area contributed by atoms with Crippen LogP contribution in [0.1, 0.15) is 38.9 Å². The zero-order valence-electron chi connectivity index (χ0n) is 10.6. The summed E-state index contributed by atoms with van der Waals surface area (Å²) in [6.07, 6.45) is 2.49. The Morgan fingerprint density at radius 1 is 1.44 bits per heavy atom. The topological polar surface area (TPSA) is 36.4 Å². The number of anilines is 1. The SMILES string of the molecule is CCC(C)CN(C)c1cc(C(C)O)ccn1. The van der Waals surface area contributed by atoms with Gasteiger partial charge in [-0.05, 0) is 30.5 Å². The minimum absolute atomic E-state index is 0.432. The van der Waals surface area contributed by atoms with Gasteiger partial charge in [-0.3, -0.25) is 0 Å². The Labute approximate surface area is 98.1 Å². The van der Waals surface area contributed by atoms with Crippen molar-refractivity contribution >= 4 is 5.82 Å². The van der Waals surface area contributed by atoms with Gasteiger partial charge in [0.1, 0.15) is 5.82 Å². The molecule has 0 radical (unpaired) electrons. The van der Waals surface area contributed by atoms with Crippen LogP contribution in [0.15, 0.2) is 18.3 Å². The summed E-state index contributed by atoms with van der Waals surface area (Å²) in [7, 11) is 2.04. The first-order valence-corrected chi connectivity index (χ1v) is 5.89. The molecule has 0 bridgehead atoms. The average Bonchev–Trinajstić information content (AvgIpc) is 2.28. The molecule has 0 saturated heterocycles. The van der Waals surface area contributed by atoms with E-state index in [4.69, 9.17) is 0 Å². The molecule has 1 heterocycles. The van der Waals surface area contributed by atoms with E-state index in [1.165, 1.54) is 6.42 Å². The Morgan fingerprint density at radius 3 is 2.69 bits per heavy atom. The standard InChI is InChI=1S/C13H22N2O/c1-5-10(2)9-15(4)13-8-12(11(3)16)6-7-14-13/h6-8,10-11,16H,5,9H2,1-4H3. The highest BCUT2D eigenvalue weighted by Gasteiger charge is 2.08. The lowest BCUT2D eigenvalue weighted by molar-refractivity contribution is 0.199. The Hall–Kier alpha value is -1.09. The Balaban J connectivity index is 2.75. The molecule has 1 aromatic heterocycles. The number of hydrogen-bond donors (Lipinski definition) is 1. The predicted octanol–water partition coefficient (Wildman–Crippen LogP) is 2.62. The van der Waals surface area contributed by atoms with Crippen LogP contribution >= 0.6 is 0 Å². The molecule has 0 aliphatic heterocycles. The highest BCUT2D eigenvalue weighted by molar-refractivity contribution is 5.40. The van der Waals surface area contributed by atoms with Crippen LogP contribution in [-0.4, -0.2) is 23.7 Å². The first-order chi connectivity index (χ1) is 7.54. The molecule has 3 nitrogen and oxygen atoms in total. The average molecular weight is 222 g/mol. The monoisotopic (exact) mass is 222 g/mol. The summed E-state index contributed by atoms with van der Waals surface area (Å²) >= 11 is 0. The summed E-state index contributed by atoms with van der Waals surface area (Å²) in [5.41, 5.74) is 0.918. The smallest absolute Gasteiger partial charge is 0.128 e. The fourth-order valence-electron chi connectivity index (χ4n) is 1.59. The van der Waals surface area contributed by atoms with E-state index in [2.05, 4.69) is 23.7 Å². The third-order valence-electron chi connectivity index (χ3n) is 2.93. The van der Waals surface area contributed by atoms with Crippen molar-refractivity contribution in [3.05, 3.63) is 23.9 Å². The van der Waals surface area contributed by atoms with Gasteiger partial charge in [-0.25, -0.2) is 4.98 Å². The summed E-state index contributed by atoms with van der Waals surface area (Å²) in [5.74, 6) is 1.58. The van der Waals surface area contributed by atoms with E-state index in [9.17, 15) is 5.11 Å². The maximum atomic E-state index is 9.51. The zero-order valence-corrected chi connectivity index (χ0v) is 10.6. The number of pyridine rings is 1. The molecule has 2 atom stereocenters. The van der Waals surface area contributed by atoms with Crippen molar-refractivity contribution in [2.45, 2.75) is 33.3 Å². The van der Waals surface area contributed by atoms with Gasteiger partial charge < -0.3 is 10.0 Å². The minimum Gasteiger partial charge on any atom is -0.389 e. The molecule has 0 saturated carbocycles. The Bertz CT molecular complexity index is 325. The van der Waals surface area contributed by atoms with Gasteiger partial charge in [0, 0.05) is 19.8 Å². The molecule has 1 rings (SSSR count). The number of rotatable bonds is 5. The van der Waals surface area contributed by atoms with Crippen LogP contribution in [0.25, 0.3) is 0 Å². The largest absolute Gasteiger partial charge is 0.389 e. The molecule has 16 heavy (non-hydrogen) atoms. The summed E-state index contributed by atoms with van der Waals surface area (Å²) in [6.45, 7) is 7.19. The first kappa shape index (κ1) is 13.0. The van der Waals surface area contributed by atoms with E-state index >= 15 is 0 Å². The Kier molecular flexibility index (Phi) is 4.74. The van der Waals surface area contributed by atoms with Crippen LogP contribution in [0, 0.1) is 5.92 Å². The summed E-state index contributed by atoms with van der Waals surface area (Å²) in [5, 5.41) is 9.51. The highest BCUT2D eigenvalue weighted by Crippen LogP contribution is 2.18. The van der Waals surface area contributed by atoms with Crippen LogP contribution in [0.2, 0.25) is 0 Å². The van der Waals surface area contributed by atoms with Gasteiger partial charge in [-0.2, -0.15) is 0 Å². The van der Waals surface area contributed by atoms with Gasteiger partial charge in [0.15, 0.2) is 0 Å². The molecule has 0 fully saturated rings. The van der Waals surface area contributed by atoms with Crippen LogP contribution in [0.3, 0.4) is 0 Å². The molecule has 1 N–H and O–H groups in total. The normalized spacial score (nSPS) is 14.6. The number of nitrogens with zero attached hydrogens (tertiary/aromatic N) is 2. The van der Waals surface area contributed by atoms with E-state index in [0.717, 1.165) is 17.9 Å². The zero-order chi connectivity index (χ0) is 12.1. The van der Waals surface area contributed by atoms with E-state index in [1.807, 2.05) is 19.2 Å². The maximum Gasteiger partial charge on any atom is 0.128 e. The molecular weight excluding hydrogens is 200 g/mol. The van der Waals surface area contributed by atoms with Crippen molar-refractivity contribution in [1.29, 1.82) is 0 Å². The fourth-order valence-corrected chi connectivity index (χ4v) is 1.59. The second-order valence-corrected chi connectivity index (χ2v) is 4.52. The van der Waals surface area contributed by atoms with Gasteiger partial charge in [0.05, 0.1) is 6.10 Å².